The fourth-order valence-electron chi connectivity index (χ4n) is 1.57. The Labute approximate surface area is 110 Å². The van der Waals surface area contributed by atoms with E-state index in [9.17, 15) is 13.6 Å². The highest BCUT2D eigenvalue weighted by Gasteiger charge is 2.17. The average molecular weight is 267 g/mol. The van der Waals surface area contributed by atoms with Crippen LogP contribution in [0, 0.1) is 23.0 Å². The van der Waals surface area contributed by atoms with Crippen molar-refractivity contribution in [3.8, 4) is 6.07 Å². The van der Waals surface area contributed by atoms with Crippen LogP contribution in [0.3, 0.4) is 0 Å². The molecular weight excluding hydrogens is 252 g/mol. The van der Waals surface area contributed by atoms with Crippen LogP contribution in [-0.2, 0) is 11.3 Å². The fourth-order valence-corrected chi connectivity index (χ4v) is 1.57. The Bertz CT molecular complexity index is 500. The fraction of sp³-hybridized carbons (Fsp3) is 0.385. The summed E-state index contributed by atoms with van der Waals surface area (Å²) in [6.07, 6.45) is 0. The van der Waals surface area contributed by atoms with E-state index in [1.54, 1.807) is 27.1 Å². The first-order chi connectivity index (χ1) is 8.86. The van der Waals surface area contributed by atoms with Crippen LogP contribution in [0.15, 0.2) is 12.1 Å². The van der Waals surface area contributed by atoms with Gasteiger partial charge in [-0.3, -0.25) is 4.79 Å². The highest BCUT2D eigenvalue weighted by molar-refractivity contribution is 5.80. The van der Waals surface area contributed by atoms with Crippen molar-refractivity contribution in [2.45, 2.75) is 19.5 Å². The molecule has 0 aliphatic carbocycles. The molecule has 1 amide bonds. The third kappa shape index (κ3) is 3.73. The van der Waals surface area contributed by atoms with Gasteiger partial charge in [0.2, 0.25) is 5.91 Å². The smallest absolute Gasteiger partial charge is 0.238 e. The minimum Gasteiger partial charge on any atom is -0.347 e. The molecular formula is C13H15F2N3O. The Morgan fingerprint density at radius 2 is 1.95 bits per heavy atom. The molecule has 1 atom stereocenters. The number of halogens is 2. The van der Waals surface area contributed by atoms with Crippen LogP contribution in [0.2, 0.25) is 0 Å². The van der Waals surface area contributed by atoms with Crippen molar-refractivity contribution in [1.82, 2.24) is 10.2 Å². The summed E-state index contributed by atoms with van der Waals surface area (Å²) in [5.41, 5.74) is -0.256. The quantitative estimate of drug-likeness (QED) is 0.897. The van der Waals surface area contributed by atoms with Gasteiger partial charge < -0.3 is 10.2 Å². The van der Waals surface area contributed by atoms with Gasteiger partial charge in [-0.2, -0.15) is 5.26 Å². The van der Waals surface area contributed by atoms with E-state index in [-0.39, 0.29) is 23.6 Å². The van der Waals surface area contributed by atoms with E-state index in [4.69, 9.17) is 5.26 Å². The number of nitrogens with one attached hydrogen (secondary N) is 1. The predicted molar refractivity (Wildman–Crippen MR) is 66.1 cm³/mol. The minimum absolute atomic E-state index is 0.0730. The number of amides is 1. The van der Waals surface area contributed by atoms with E-state index in [2.05, 4.69) is 5.32 Å². The molecule has 0 aliphatic heterocycles. The van der Waals surface area contributed by atoms with Crippen LogP contribution in [0.25, 0.3) is 0 Å². The lowest BCUT2D eigenvalue weighted by molar-refractivity contribution is -0.130. The number of nitriles is 1. The molecule has 0 heterocycles. The standard InChI is InChI=1S/C13H15F2N3O/c1-8(13(19)18(2)3)17-7-10-11(14)4-9(6-16)5-12(10)15/h4-5,8,17H,7H2,1-3H3. The molecule has 1 aromatic rings. The Balaban J connectivity index is 2.79. The van der Waals surface area contributed by atoms with Gasteiger partial charge in [-0.25, -0.2) is 8.78 Å². The van der Waals surface area contributed by atoms with Gasteiger partial charge in [-0.15, -0.1) is 0 Å². The van der Waals surface area contributed by atoms with Gasteiger partial charge in [0, 0.05) is 26.2 Å². The van der Waals surface area contributed by atoms with Gasteiger partial charge in [0.05, 0.1) is 17.7 Å². The number of hydrogen-bond acceptors (Lipinski definition) is 3. The molecule has 19 heavy (non-hydrogen) atoms. The summed E-state index contributed by atoms with van der Waals surface area (Å²) in [6.45, 7) is 1.49. The van der Waals surface area contributed by atoms with E-state index in [1.807, 2.05) is 0 Å². The topological polar surface area (TPSA) is 56.1 Å². The summed E-state index contributed by atoms with van der Waals surface area (Å²) in [5.74, 6) is -1.78. The first-order valence-corrected chi connectivity index (χ1v) is 5.69. The Hall–Kier alpha value is -2.00. The Morgan fingerprint density at radius 3 is 2.37 bits per heavy atom. The summed E-state index contributed by atoms with van der Waals surface area (Å²) in [6, 6.07) is 3.06. The summed E-state index contributed by atoms with van der Waals surface area (Å²) in [7, 11) is 3.20. The number of likely N-dealkylation sites (N-methyl/N-ethyl adjacent to an activating group) is 1. The average Bonchev–Trinajstić information content (AvgIpc) is 2.35. The zero-order valence-corrected chi connectivity index (χ0v) is 11.0. The number of rotatable bonds is 4. The summed E-state index contributed by atoms with van der Waals surface area (Å²) < 4.78 is 27.2. The monoisotopic (exact) mass is 267 g/mol. The highest BCUT2D eigenvalue weighted by Crippen LogP contribution is 2.15. The first kappa shape index (κ1) is 15.1. The molecule has 1 rings (SSSR count). The zero-order valence-electron chi connectivity index (χ0n) is 11.0. The number of hydrogen-bond donors (Lipinski definition) is 1. The van der Waals surface area contributed by atoms with Gasteiger partial charge in [0.1, 0.15) is 11.6 Å². The molecule has 0 radical (unpaired) electrons. The van der Waals surface area contributed by atoms with Crippen molar-refractivity contribution in [2.24, 2.45) is 0 Å². The minimum atomic E-state index is -0.798. The Kier molecular flexibility index (Phi) is 4.95. The lowest BCUT2D eigenvalue weighted by atomic mass is 10.1. The van der Waals surface area contributed by atoms with E-state index in [1.165, 1.54) is 4.90 Å². The predicted octanol–water partition coefficient (Wildman–Crippen LogP) is 1.40. The highest BCUT2D eigenvalue weighted by atomic mass is 19.1. The maximum atomic E-state index is 13.6. The molecule has 0 fully saturated rings. The number of nitrogens with zero attached hydrogens (tertiary/aromatic N) is 2. The molecule has 1 N–H and O–H groups in total. The van der Waals surface area contributed by atoms with Crippen molar-refractivity contribution in [1.29, 1.82) is 5.26 Å². The van der Waals surface area contributed by atoms with Crippen molar-refractivity contribution in [2.75, 3.05) is 14.1 Å². The van der Waals surface area contributed by atoms with Crippen LogP contribution in [0.5, 0.6) is 0 Å². The molecule has 1 unspecified atom stereocenters. The lowest BCUT2D eigenvalue weighted by Gasteiger charge is -2.18. The van der Waals surface area contributed by atoms with Gasteiger partial charge in [0.15, 0.2) is 0 Å². The molecule has 0 spiro atoms. The number of carbonyl (C=O) groups excluding carboxylic acids is 1. The van der Waals surface area contributed by atoms with Gasteiger partial charge in [-0.05, 0) is 19.1 Å². The molecule has 4 nitrogen and oxygen atoms in total. The van der Waals surface area contributed by atoms with Crippen LogP contribution >= 0.6 is 0 Å². The number of benzene rings is 1. The second-order valence-electron chi connectivity index (χ2n) is 4.37. The molecule has 6 heteroatoms. The van der Waals surface area contributed by atoms with Crippen LogP contribution in [-0.4, -0.2) is 30.9 Å². The first-order valence-electron chi connectivity index (χ1n) is 5.69. The maximum Gasteiger partial charge on any atom is 0.238 e. The lowest BCUT2D eigenvalue weighted by Crippen LogP contribution is -2.41. The van der Waals surface area contributed by atoms with Gasteiger partial charge in [-0.1, -0.05) is 0 Å². The largest absolute Gasteiger partial charge is 0.347 e. The zero-order chi connectivity index (χ0) is 14.6. The Morgan fingerprint density at radius 1 is 1.42 bits per heavy atom. The third-order valence-corrected chi connectivity index (χ3v) is 2.67. The second-order valence-corrected chi connectivity index (χ2v) is 4.37. The summed E-state index contributed by atoms with van der Waals surface area (Å²) >= 11 is 0. The van der Waals surface area contributed by atoms with Crippen LogP contribution in [0.4, 0.5) is 8.78 Å². The second kappa shape index (κ2) is 6.25. The molecule has 0 bridgehead atoms. The molecule has 0 aromatic heterocycles. The normalized spacial score (nSPS) is 11.8. The van der Waals surface area contributed by atoms with E-state index < -0.39 is 17.7 Å². The molecule has 0 saturated heterocycles. The molecule has 0 saturated carbocycles. The molecule has 0 aliphatic rings. The van der Waals surface area contributed by atoms with Crippen molar-refractivity contribution in [3.05, 3.63) is 34.9 Å². The summed E-state index contributed by atoms with van der Waals surface area (Å²) in [4.78, 5) is 13.0. The van der Waals surface area contributed by atoms with Crippen LogP contribution < -0.4 is 5.32 Å². The van der Waals surface area contributed by atoms with E-state index >= 15 is 0 Å². The number of carbonyl (C=O) groups is 1. The van der Waals surface area contributed by atoms with Crippen molar-refractivity contribution >= 4 is 5.91 Å². The van der Waals surface area contributed by atoms with Gasteiger partial charge >= 0.3 is 0 Å². The van der Waals surface area contributed by atoms with Gasteiger partial charge in [0.25, 0.3) is 0 Å². The molecule has 102 valence electrons. The van der Waals surface area contributed by atoms with E-state index in [0.717, 1.165) is 12.1 Å². The molecule has 1 aromatic carbocycles. The van der Waals surface area contributed by atoms with Crippen LogP contribution in [0.1, 0.15) is 18.1 Å². The van der Waals surface area contributed by atoms with Crippen molar-refractivity contribution in [3.63, 3.8) is 0 Å². The maximum absolute atomic E-state index is 13.6. The van der Waals surface area contributed by atoms with E-state index in [0.29, 0.717) is 0 Å². The van der Waals surface area contributed by atoms with Crippen molar-refractivity contribution < 1.29 is 13.6 Å². The summed E-state index contributed by atoms with van der Waals surface area (Å²) in [5, 5.41) is 11.3. The SMILES string of the molecule is CC(NCc1c(F)cc(C#N)cc1F)C(=O)N(C)C. The third-order valence-electron chi connectivity index (χ3n) is 2.67.